The SMILES string of the molecule is CC(=O)O[C@@H]1NC(=O)[C@@]1(C)NC(=O)CCc1ccccc1NC(=O)CCc1ccccc1. The zero-order chi connectivity index (χ0) is 23.1. The first-order chi connectivity index (χ1) is 15.3. The average molecular weight is 437 g/mol. The molecule has 3 N–H and O–H groups in total. The Kier molecular flexibility index (Phi) is 7.25. The molecule has 1 saturated heterocycles. The lowest BCUT2D eigenvalue weighted by Crippen LogP contribution is -2.78. The van der Waals surface area contributed by atoms with Crippen molar-refractivity contribution >= 4 is 29.4 Å². The largest absolute Gasteiger partial charge is 0.439 e. The number of carbonyl (C=O) groups is 4. The van der Waals surface area contributed by atoms with Crippen molar-refractivity contribution in [1.29, 1.82) is 0 Å². The summed E-state index contributed by atoms with van der Waals surface area (Å²) in [5.41, 5.74) is 1.26. The minimum Gasteiger partial charge on any atom is -0.439 e. The molecule has 3 amide bonds. The first kappa shape index (κ1) is 23.0. The van der Waals surface area contributed by atoms with Gasteiger partial charge < -0.3 is 20.7 Å². The summed E-state index contributed by atoms with van der Waals surface area (Å²) in [5, 5.41) is 8.02. The van der Waals surface area contributed by atoms with E-state index in [0.29, 0.717) is 24.9 Å². The van der Waals surface area contributed by atoms with E-state index in [9.17, 15) is 19.2 Å². The first-order valence-corrected chi connectivity index (χ1v) is 10.5. The van der Waals surface area contributed by atoms with Crippen LogP contribution in [0, 0.1) is 0 Å². The Morgan fingerprint density at radius 2 is 1.62 bits per heavy atom. The minimum absolute atomic E-state index is 0.103. The number of β-lactam (4-membered cyclic amide) rings is 1. The molecule has 0 aromatic heterocycles. The Morgan fingerprint density at radius 1 is 0.969 bits per heavy atom. The highest BCUT2D eigenvalue weighted by atomic mass is 16.6. The van der Waals surface area contributed by atoms with E-state index in [-0.39, 0.29) is 18.2 Å². The quantitative estimate of drug-likeness (QED) is 0.411. The molecule has 1 fully saturated rings. The molecular weight excluding hydrogens is 410 g/mol. The Balaban J connectivity index is 1.53. The van der Waals surface area contributed by atoms with Crippen LogP contribution in [0.25, 0.3) is 0 Å². The number of para-hydroxylation sites is 1. The number of carbonyl (C=O) groups excluding carboxylic acids is 4. The third-order valence-electron chi connectivity index (χ3n) is 5.34. The van der Waals surface area contributed by atoms with Gasteiger partial charge in [-0.3, -0.25) is 19.2 Å². The number of amides is 3. The molecule has 8 heteroatoms. The molecule has 1 aliphatic heterocycles. The molecule has 0 saturated carbocycles. The van der Waals surface area contributed by atoms with Crippen LogP contribution >= 0.6 is 0 Å². The van der Waals surface area contributed by atoms with Crippen molar-refractivity contribution in [2.75, 3.05) is 5.32 Å². The fourth-order valence-electron chi connectivity index (χ4n) is 3.47. The average Bonchev–Trinajstić information content (AvgIpc) is 2.77. The first-order valence-electron chi connectivity index (χ1n) is 10.5. The third kappa shape index (κ3) is 5.72. The number of benzene rings is 2. The van der Waals surface area contributed by atoms with Crippen molar-refractivity contribution in [2.24, 2.45) is 0 Å². The number of nitrogens with one attached hydrogen (secondary N) is 3. The van der Waals surface area contributed by atoms with Gasteiger partial charge in [0.2, 0.25) is 18.0 Å². The van der Waals surface area contributed by atoms with Gasteiger partial charge in [-0.2, -0.15) is 0 Å². The number of esters is 1. The van der Waals surface area contributed by atoms with Crippen LogP contribution < -0.4 is 16.0 Å². The van der Waals surface area contributed by atoms with Crippen LogP contribution in [-0.4, -0.2) is 35.5 Å². The molecule has 0 unspecified atom stereocenters. The standard InChI is InChI=1S/C24H27N3O5/c1-16(28)32-23-24(2,22(31)26-23)27-21(30)15-13-18-10-6-7-11-19(18)25-20(29)14-12-17-8-4-3-5-9-17/h3-11,23H,12-15H2,1-2H3,(H,25,29)(H,26,31)(H,27,30)/t23-,24+/m0/s1. The van der Waals surface area contributed by atoms with Gasteiger partial charge in [-0.25, -0.2) is 0 Å². The Morgan fingerprint density at radius 3 is 2.31 bits per heavy atom. The van der Waals surface area contributed by atoms with Crippen LogP contribution in [0.5, 0.6) is 0 Å². The molecule has 1 aliphatic rings. The van der Waals surface area contributed by atoms with E-state index in [1.54, 1.807) is 6.07 Å². The third-order valence-corrected chi connectivity index (χ3v) is 5.34. The molecule has 0 bridgehead atoms. The lowest BCUT2D eigenvalue weighted by Gasteiger charge is -2.44. The van der Waals surface area contributed by atoms with Gasteiger partial charge >= 0.3 is 5.97 Å². The molecule has 2 aromatic carbocycles. The molecule has 0 radical (unpaired) electrons. The lowest BCUT2D eigenvalue weighted by molar-refractivity contribution is -0.173. The van der Waals surface area contributed by atoms with Crippen LogP contribution in [0.15, 0.2) is 54.6 Å². The maximum absolute atomic E-state index is 12.5. The molecule has 2 atom stereocenters. The molecule has 2 aromatic rings. The number of aryl methyl sites for hydroxylation is 2. The van der Waals surface area contributed by atoms with Crippen LogP contribution in [0.1, 0.15) is 37.8 Å². The zero-order valence-electron chi connectivity index (χ0n) is 18.1. The zero-order valence-corrected chi connectivity index (χ0v) is 18.1. The highest BCUT2D eigenvalue weighted by Crippen LogP contribution is 2.23. The van der Waals surface area contributed by atoms with E-state index in [4.69, 9.17) is 4.74 Å². The minimum atomic E-state index is -1.30. The van der Waals surface area contributed by atoms with E-state index in [1.807, 2.05) is 48.5 Å². The van der Waals surface area contributed by atoms with E-state index < -0.39 is 23.6 Å². The van der Waals surface area contributed by atoms with E-state index in [0.717, 1.165) is 11.1 Å². The van der Waals surface area contributed by atoms with E-state index in [1.165, 1.54) is 13.8 Å². The highest BCUT2D eigenvalue weighted by molar-refractivity contribution is 5.97. The summed E-state index contributed by atoms with van der Waals surface area (Å²) in [6, 6.07) is 17.1. The lowest BCUT2D eigenvalue weighted by atomic mass is 9.90. The van der Waals surface area contributed by atoms with Gasteiger partial charge in [0.15, 0.2) is 5.54 Å². The van der Waals surface area contributed by atoms with Gasteiger partial charge in [0, 0.05) is 25.5 Å². The summed E-state index contributed by atoms with van der Waals surface area (Å²) in [4.78, 5) is 48.0. The fourth-order valence-corrected chi connectivity index (χ4v) is 3.47. The van der Waals surface area contributed by atoms with Crippen molar-refractivity contribution in [3.05, 3.63) is 65.7 Å². The molecule has 8 nitrogen and oxygen atoms in total. The second kappa shape index (κ2) is 10.1. The van der Waals surface area contributed by atoms with Crippen molar-refractivity contribution in [1.82, 2.24) is 10.6 Å². The van der Waals surface area contributed by atoms with Crippen molar-refractivity contribution in [2.45, 2.75) is 51.3 Å². The normalized spacial score (nSPS) is 19.3. The second-order valence-electron chi connectivity index (χ2n) is 7.90. The summed E-state index contributed by atoms with van der Waals surface area (Å²) in [6.07, 6.45) is 0.571. The summed E-state index contributed by atoms with van der Waals surface area (Å²) in [6.45, 7) is 2.75. The van der Waals surface area contributed by atoms with Gasteiger partial charge in [-0.1, -0.05) is 48.5 Å². The second-order valence-corrected chi connectivity index (χ2v) is 7.90. The Bertz CT molecular complexity index is 1010. The van der Waals surface area contributed by atoms with Gasteiger partial charge in [0.1, 0.15) is 0 Å². The Labute approximate surface area is 186 Å². The number of anilines is 1. The van der Waals surface area contributed by atoms with Crippen molar-refractivity contribution < 1.29 is 23.9 Å². The summed E-state index contributed by atoms with van der Waals surface area (Å²) < 4.78 is 5.02. The van der Waals surface area contributed by atoms with Gasteiger partial charge in [-0.05, 0) is 37.0 Å². The Hall–Kier alpha value is -3.68. The smallest absolute Gasteiger partial charge is 0.304 e. The molecule has 1 heterocycles. The van der Waals surface area contributed by atoms with Crippen LogP contribution in [0.3, 0.4) is 0 Å². The monoisotopic (exact) mass is 437 g/mol. The van der Waals surface area contributed by atoms with Gasteiger partial charge in [0.05, 0.1) is 0 Å². The number of hydrogen-bond acceptors (Lipinski definition) is 5. The molecule has 168 valence electrons. The predicted molar refractivity (Wildman–Crippen MR) is 118 cm³/mol. The maximum Gasteiger partial charge on any atom is 0.304 e. The summed E-state index contributed by atoms with van der Waals surface area (Å²) in [5.74, 6) is -1.42. The summed E-state index contributed by atoms with van der Waals surface area (Å²) >= 11 is 0. The number of hydrogen-bond donors (Lipinski definition) is 3. The van der Waals surface area contributed by atoms with Crippen LogP contribution in [0.2, 0.25) is 0 Å². The summed E-state index contributed by atoms with van der Waals surface area (Å²) in [7, 11) is 0. The fraction of sp³-hybridized carbons (Fsp3) is 0.333. The van der Waals surface area contributed by atoms with E-state index >= 15 is 0 Å². The molecule has 32 heavy (non-hydrogen) atoms. The maximum atomic E-state index is 12.5. The highest BCUT2D eigenvalue weighted by Gasteiger charge is 2.54. The topological polar surface area (TPSA) is 114 Å². The van der Waals surface area contributed by atoms with Gasteiger partial charge in [0.25, 0.3) is 5.91 Å². The molecule has 0 aliphatic carbocycles. The molecule has 0 spiro atoms. The van der Waals surface area contributed by atoms with Crippen LogP contribution in [0.4, 0.5) is 5.69 Å². The predicted octanol–water partition coefficient (Wildman–Crippen LogP) is 2.08. The molecular formula is C24H27N3O5. The van der Waals surface area contributed by atoms with E-state index in [2.05, 4.69) is 16.0 Å². The van der Waals surface area contributed by atoms with Crippen molar-refractivity contribution in [3.63, 3.8) is 0 Å². The molecule has 3 rings (SSSR count). The number of ether oxygens (including phenoxy) is 1. The van der Waals surface area contributed by atoms with Gasteiger partial charge in [-0.15, -0.1) is 0 Å². The van der Waals surface area contributed by atoms with Crippen molar-refractivity contribution in [3.8, 4) is 0 Å². The van der Waals surface area contributed by atoms with Crippen LogP contribution in [-0.2, 0) is 36.8 Å². The number of rotatable bonds is 9.